The third kappa shape index (κ3) is 3.22. The summed E-state index contributed by atoms with van der Waals surface area (Å²) in [6.07, 6.45) is 2.80. The molecule has 2 rings (SSSR count). The lowest BCUT2D eigenvalue weighted by molar-refractivity contribution is 0.454. The zero-order valence-corrected chi connectivity index (χ0v) is 10.5. The number of hydrogen-bond donors (Lipinski definition) is 1. The highest BCUT2D eigenvalue weighted by molar-refractivity contribution is 7.11. The first-order valence-electron chi connectivity index (χ1n) is 5.55. The minimum atomic E-state index is 0.475. The van der Waals surface area contributed by atoms with E-state index in [2.05, 4.69) is 31.3 Å². The van der Waals surface area contributed by atoms with Crippen LogP contribution < -0.4 is 5.32 Å². The summed E-state index contributed by atoms with van der Waals surface area (Å²) < 4.78 is 5.28. The lowest BCUT2D eigenvalue weighted by Gasteiger charge is -2.11. The van der Waals surface area contributed by atoms with Crippen LogP contribution in [0.3, 0.4) is 0 Å². The van der Waals surface area contributed by atoms with Gasteiger partial charge in [-0.05, 0) is 44.5 Å². The van der Waals surface area contributed by atoms with E-state index in [0.29, 0.717) is 6.04 Å². The molecule has 0 aliphatic heterocycles. The molecule has 1 unspecified atom stereocenters. The Labute approximate surface area is 100 Å². The first kappa shape index (κ1) is 11.4. The smallest absolute Gasteiger partial charge is 0.117 e. The molecule has 0 aliphatic rings. The fourth-order valence-corrected chi connectivity index (χ4v) is 2.68. The molecule has 2 nitrogen and oxygen atoms in total. The molecule has 3 heteroatoms. The zero-order chi connectivity index (χ0) is 11.4. The third-order valence-electron chi connectivity index (χ3n) is 2.51. The minimum Gasteiger partial charge on any atom is -0.468 e. The van der Waals surface area contributed by atoms with Gasteiger partial charge in [0.2, 0.25) is 0 Å². The number of rotatable bonds is 5. The minimum absolute atomic E-state index is 0.475. The Bertz CT molecular complexity index is 419. The second-order valence-corrected chi connectivity index (χ2v) is 5.45. The van der Waals surface area contributed by atoms with E-state index in [-0.39, 0.29) is 0 Å². The molecular weight excluding hydrogens is 218 g/mol. The van der Waals surface area contributed by atoms with Gasteiger partial charge in [-0.2, -0.15) is 0 Å². The topological polar surface area (TPSA) is 25.2 Å². The van der Waals surface area contributed by atoms with Crippen molar-refractivity contribution in [2.75, 3.05) is 0 Å². The van der Waals surface area contributed by atoms with Crippen LogP contribution in [0.5, 0.6) is 0 Å². The Morgan fingerprint density at radius 2 is 2.25 bits per heavy atom. The van der Waals surface area contributed by atoms with E-state index in [4.69, 9.17) is 4.42 Å². The molecular formula is C13H17NOS. The molecule has 0 spiro atoms. The van der Waals surface area contributed by atoms with E-state index >= 15 is 0 Å². The molecule has 0 amide bonds. The van der Waals surface area contributed by atoms with Crippen LogP contribution in [0.15, 0.2) is 34.9 Å². The predicted molar refractivity (Wildman–Crippen MR) is 67.8 cm³/mol. The van der Waals surface area contributed by atoms with Gasteiger partial charge in [0.25, 0.3) is 0 Å². The van der Waals surface area contributed by atoms with E-state index in [1.54, 1.807) is 6.26 Å². The lowest BCUT2D eigenvalue weighted by atomic mass is 10.2. The van der Waals surface area contributed by atoms with Crippen molar-refractivity contribution in [2.45, 2.75) is 32.9 Å². The van der Waals surface area contributed by atoms with Gasteiger partial charge in [0.05, 0.1) is 12.8 Å². The molecule has 1 atom stereocenters. The Morgan fingerprint density at radius 1 is 1.38 bits per heavy atom. The van der Waals surface area contributed by atoms with Crippen molar-refractivity contribution in [3.8, 4) is 0 Å². The molecule has 2 heterocycles. The Kier molecular flexibility index (Phi) is 3.80. The van der Waals surface area contributed by atoms with Gasteiger partial charge in [-0.25, -0.2) is 0 Å². The van der Waals surface area contributed by atoms with Crippen LogP contribution in [-0.4, -0.2) is 6.04 Å². The number of aryl methyl sites for hydroxylation is 1. The molecule has 0 aliphatic carbocycles. The highest BCUT2D eigenvalue weighted by Gasteiger charge is 2.05. The Morgan fingerprint density at radius 3 is 2.88 bits per heavy atom. The summed E-state index contributed by atoms with van der Waals surface area (Å²) in [7, 11) is 0. The molecule has 1 N–H and O–H groups in total. The maximum Gasteiger partial charge on any atom is 0.117 e. The number of furan rings is 1. The quantitative estimate of drug-likeness (QED) is 0.859. The molecule has 0 saturated heterocycles. The maximum atomic E-state index is 5.28. The molecule has 16 heavy (non-hydrogen) atoms. The first-order chi connectivity index (χ1) is 7.74. The molecule has 0 saturated carbocycles. The average molecular weight is 235 g/mol. The van der Waals surface area contributed by atoms with E-state index < -0.39 is 0 Å². The highest BCUT2D eigenvalue weighted by atomic mass is 32.1. The zero-order valence-electron chi connectivity index (χ0n) is 9.69. The largest absolute Gasteiger partial charge is 0.468 e. The van der Waals surface area contributed by atoms with Gasteiger partial charge >= 0.3 is 0 Å². The van der Waals surface area contributed by atoms with Crippen LogP contribution in [-0.2, 0) is 13.0 Å². The fourth-order valence-electron chi connectivity index (χ4n) is 1.66. The normalized spacial score (nSPS) is 12.9. The SMILES string of the molecule is Cc1ccc(CC(C)NCc2ccco2)s1. The molecule has 0 bridgehead atoms. The summed E-state index contributed by atoms with van der Waals surface area (Å²) in [6.45, 7) is 5.16. The fraction of sp³-hybridized carbons (Fsp3) is 0.385. The molecule has 0 aromatic carbocycles. The van der Waals surface area contributed by atoms with Crippen molar-refractivity contribution in [3.05, 3.63) is 46.0 Å². The van der Waals surface area contributed by atoms with Crippen molar-refractivity contribution in [2.24, 2.45) is 0 Å². The van der Waals surface area contributed by atoms with E-state index in [1.165, 1.54) is 9.75 Å². The van der Waals surface area contributed by atoms with Crippen LogP contribution in [0.1, 0.15) is 22.4 Å². The molecule has 2 aromatic rings. The monoisotopic (exact) mass is 235 g/mol. The van der Waals surface area contributed by atoms with E-state index in [9.17, 15) is 0 Å². The first-order valence-corrected chi connectivity index (χ1v) is 6.37. The van der Waals surface area contributed by atoms with Gasteiger partial charge in [0, 0.05) is 15.8 Å². The summed E-state index contributed by atoms with van der Waals surface area (Å²) in [5.41, 5.74) is 0. The Hall–Kier alpha value is -1.06. The van der Waals surface area contributed by atoms with Gasteiger partial charge < -0.3 is 9.73 Å². The van der Waals surface area contributed by atoms with E-state index in [1.807, 2.05) is 23.5 Å². The van der Waals surface area contributed by atoms with Crippen molar-refractivity contribution in [1.82, 2.24) is 5.32 Å². The van der Waals surface area contributed by atoms with Crippen LogP contribution in [0, 0.1) is 6.92 Å². The molecule has 0 fully saturated rings. The number of hydrogen-bond acceptors (Lipinski definition) is 3. The van der Waals surface area contributed by atoms with Crippen molar-refractivity contribution < 1.29 is 4.42 Å². The predicted octanol–water partition coefficient (Wildman–Crippen LogP) is 3.37. The van der Waals surface area contributed by atoms with Gasteiger partial charge in [0.1, 0.15) is 5.76 Å². The van der Waals surface area contributed by atoms with Gasteiger partial charge in [-0.15, -0.1) is 11.3 Å². The molecule has 86 valence electrons. The van der Waals surface area contributed by atoms with Crippen LogP contribution in [0.2, 0.25) is 0 Å². The summed E-state index contributed by atoms with van der Waals surface area (Å²) in [5.74, 6) is 0.995. The summed E-state index contributed by atoms with van der Waals surface area (Å²) >= 11 is 1.88. The van der Waals surface area contributed by atoms with Crippen LogP contribution >= 0.6 is 11.3 Å². The summed E-state index contributed by atoms with van der Waals surface area (Å²) in [6, 6.07) is 8.78. The van der Waals surface area contributed by atoms with Crippen LogP contribution in [0.4, 0.5) is 0 Å². The Balaban J connectivity index is 1.78. The van der Waals surface area contributed by atoms with E-state index in [0.717, 1.165) is 18.7 Å². The van der Waals surface area contributed by atoms with Gasteiger partial charge in [-0.3, -0.25) is 0 Å². The average Bonchev–Trinajstić information content (AvgIpc) is 2.87. The summed E-state index contributed by atoms with van der Waals surface area (Å²) in [5, 5.41) is 3.46. The standard InChI is InChI=1S/C13H17NOS/c1-10(8-13-6-5-11(2)16-13)14-9-12-4-3-7-15-12/h3-7,10,14H,8-9H2,1-2H3. The second-order valence-electron chi connectivity index (χ2n) is 4.08. The highest BCUT2D eigenvalue weighted by Crippen LogP contribution is 2.16. The van der Waals surface area contributed by atoms with Gasteiger partial charge in [-0.1, -0.05) is 0 Å². The maximum absolute atomic E-state index is 5.28. The third-order valence-corrected chi connectivity index (χ3v) is 3.53. The van der Waals surface area contributed by atoms with Crippen molar-refractivity contribution in [1.29, 1.82) is 0 Å². The lowest BCUT2D eigenvalue weighted by Crippen LogP contribution is -2.26. The molecule has 2 aromatic heterocycles. The second kappa shape index (κ2) is 5.32. The molecule has 0 radical (unpaired) electrons. The number of thiophene rings is 1. The van der Waals surface area contributed by atoms with Crippen molar-refractivity contribution >= 4 is 11.3 Å². The summed E-state index contributed by atoms with van der Waals surface area (Å²) in [4.78, 5) is 2.82. The number of nitrogens with one attached hydrogen (secondary N) is 1. The van der Waals surface area contributed by atoms with Gasteiger partial charge in [0.15, 0.2) is 0 Å². The van der Waals surface area contributed by atoms with Crippen LogP contribution in [0.25, 0.3) is 0 Å². The van der Waals surface area contributed by atoms with Crippen molar-refractivity contribution in [3.63, 3.8) is 0 Å².